The van der Waals surface area contributed by atoms with Crippen LogP contribution in [0.15, 0.2) is 24.1 Å². The molecule has 1 aliphatic rings. The molecular formula is C7H12OS3. The largest absolute Gasteiger partial charge is 0.321 e. The van der Waals surface area contributed by atoms with E-state index in [1.54, 1.807) is 0 Å². The van der Waals surface area contributed by atoms with Gasteiger partial charge < -0.3 is 4.55 Å². The van der Waals surface area contributed by atoms with Gasteiger partial charge in [0.15, 0.2) is 0 Å². The fourth-order valence-corrected chi connectivity index (χ4v) is 6.31. The van der Waals surface area contributed by atoms with Gasteiger partial charge in [0.05, 0.1) is 11.1 Å². The molecule has 64 valence electrons. The van der Waals surface area contributed by atoms with Crippen LogP contribution in [-0.2, 0) is 0 Å². The van der Waals surface area contributed by atoms with E-state index in [0.717, 1.165) is 17.5 Å². The second-order valence-electron chi connectivity index (χ2n) is 2.38. The molecule has 0 aromatic heterocycles. The first-order valence-corrected chi connectivity index (χ1v) is 8.08. The molecule has 0 spiro atoms. The minimum Gasteiger partial charge on any atom is -0.321 e. The van der Waals surface area contributed by atoms with Gasteiger partial charge in [0.25, 0.3) is 0 Å². The van der Waals surface area contributed by atoms with Crippen molar-refractivity contribution in [3.8, 4) is 0 Å². The summed E-state index contributed by atoms with van der Waals surface area (Å²) in [6, 6.07) is 0. The molecule has 2 unspecified atom stereocenters. The van der Waals surface area contributed by atoms with Gasteiger partial charge >= 0.3 is 0 Å². The average molecular weight is 208 g/mol. The maximum atomic E-state index is 9.01. The standard InChI is InChI=1S/C7H12OS3/c1-3-7-5-4-6-11(2,9-7)10-8/h3-4,6-8H,1,5H2,2H3. The zero-order chi connectivity index (χ0) is 8.32. The first kappa shape index (κ1) is 9.58. The third-order valence-corrected chi connectivity index (χ3v) is 8.13. The summed E-state index contributed by atoms with van der Waals surface area (Å²) in [5.74, 6) is 0. The van der Waals surface area contributed by atoms with Crippen molar-refractivity contribution in [1.29, 1.82) is 0 Å². The molecule has 0 bridgehead atoms. The lowest BCUT2D eigenvalue weighted by molar-refractivity contribution is 0.676. The van der Waals surface area contributed by atoms with Crippen LogP contribution in [0.25, 0.3) is 0 Å². The van der Waals surface area contributed by atoms with Crippen LogP contribution in [0.5, 0.6) is 0 Å². The summed E-state index contributed by atoms with van der Waals surface area (Å²) >= 11 is 0.979. The number of hydrogen-bond donors (Lipinski definition) is 1. The Bertz CT molecular complexity index is 181. The van der Waals surface area contributed by atoms with E-state index in [4.69, 9.17) is 4.55 Å². The topological polar surface area (TPSA) is 20.2 Å². The van der Waals surface area contributed by atoms with E-state index in [1.165, 1.54) is 0 Å². The van der Waals surface area contributed by atoms with Gasteiger partial charge in [-0.25, -0.2) is 0 Å². The van der Waals surface area contributed by atoms with Gasteiger partial charge in [-0.05, 0) is 18.1 Å². The van der Waals surface area contributed by atoms with E-state index in [9.17, 15) is 0 Å². The lowest BCUT2D eigenvalue weighted by atomic mass is 10.3. The Hall–Kier alpha value is 0.490. The third kappa shape index (κ3) is 2.47. The van der Waals surface area contributed by atoms with Crippen molar-refractivity contribution in [2.75, 3.05) is 6.26 Å². The second-order valence-corrected chi connectivity index (χ2v) is 11.1. The predicted octanol–water partition coefficient (Wildman–Crippen LogP) is 3.66. The van der Waals surface area contributed by atoms with Gasteiger partial charge in [-0.1, -0.05) is 22.9 Å². The Balaban J connectivity index is 2.65. The van der Waals surface area contributed by atoms with Crippen molar-refractivity contribution >= 4 is 30.0 Å². The van der Waals surface area contributed by atoms with Crippen molar-refractivity contribution in [3.63, 3.8) is 0 Å². The smallest absolute Gasteiger partial charge is 0.0528 e. The molecule has 1 nitrogen and oxygen atoms in total. The summed E-state index contributed by atoms with van der Waals surface area (Å²) in [6.45, 7) is 3.75. The molecule has 1 heterocycles. The van der Waals surface area contributed by atoms with Crippen LogP contribution in [0.4, 0.5) is 0 Å². The molecule has 2 atom stereocenters. The molecule has 0 saturated carbocycles. The summed E-state index contributed by atoms with van der Waals surface area (Å²) in [6.07, 6.45) is 7.24. The average Bonchev–Trinajstić information content (AvgIpc) is 2.05. The summed E-state index contributed by atoms with van der Waals surface area (Å²) in [5, 5.41) is 2.61. The summed E-state index contributed by atoms with van der Waals surface area (Å²) < 4.78 is 9.01. The zero-order valence-corrected chi connectivity index (χ0v) is 8.85. The first-order chi connectivity index (χ1) is 5.20. The number of hydrogen-bond acceptors (Lipinski definition) is 3. The van der Waals surface area contributed by atoms with Gasteiger partial charge in [0.1, 0.15) is 0 Å². The highest BCUT2D eigenvalue weighted by atomic mass is 33.6. The highest BCUT2D eigenvalue weighted by Gasteiger charge is 2.23. The minimum atomic E-state index is -1.00. The molecule has 0 aromatic rings. The van der Waals surface area contributed by atoms with Crippen molar-refractivity contribution in [1.82, 2.24) is 0 Å². The van der Waals surface area contributed by atoms with Gasteiger partial charge in [0.2, 0.25) is 0 Å². The fraction of sp³-hybridized carbons (Fsp3) is 0.429. The molecule has 0 radical (unpaired) electrons. The third-order valence-electron chi connectivity index (χ3n) is 1.44. The zero-order valence-electron chi connectivity index (χ0n) is 6.40. The van der Waals surface area contributed by atoms with Crippen LogP contribution in [0, 0.1) is 0 Å². The van der Waals surface area contributed by atoms with Gasteiger partial charge in [-0.3, -0.25) is 0 Å². The van der Waals surface area contributed by atoms with E-state index in [1.807, 2.05) is 16.9 Å². The van der Waals surface area contributed by atoms with Crippen LogP contribution in [-0.4, -0.2) is 16.1 Å². The molecule has 0 amide bonds. The van der Waals surface area contributed by atoms with Gasteiger partial charge in [-0.15, -0.1) is 14.7 Å². The molecule has 1 aliphatic heterocycles. The van der Waals surface area contributed by atoms with Crippen LogP contribution in [0.1, 0.15) is 6.42 Å². The minimum absolute atomic E-state index is 0.486. The van der Waals surface area contributed by atoms with Crippen molar-refractivity contribution in [2.24, 2.45) is 0 Å². The fourth-order valence-electron chi connectivity index (χ4n) is 0.859. The molecule has 4 heteroatoms. The van der Waals surface area contributed by atoms with Crippen molar-refractivity contribution < 1.29 is 4.55 Å². The van der Waals surface area contributed by atoms with Crippen LogP contribution < -0.4 is 0 Å². The quantitative estimate of drug-likeness (QED) is 0.425. The lowest BCUT2D eigenvalue weighted by Gasteiger charge is -2.33. The monoisotopic (exact) mass is 208 g/mol. The molecular weight excluding hydrogens is 196 g/mol. The summed E-state index contributed by atoms with van der Waals surface area (Å²) in [7, 11) is 0.823. The maximum Gasteiger partial charge on any atom is 0.0528 e. The second kappa shape index (κ2) is 3.94. The first-order valence-electron chi connectivity index (χ1n) is 3.29. The summed E-state index contributed by atoms with van der Waals surface area (Å²) in [4.78, 5) is 0. The summed E-state index contributed by atoms with van der Waals surface area (Å²) in [5.41, 5.74) is 0. The van der Waals surface area contributed by atoms with E-state index in [0.29, 0.717) is 5.25 Å². The molecule has 0 fully saturated rings. The van der Waals surface area contributed by atoms with Crippen molar-refractivity contribution in [3.05, 3.63) is 24.1 Å². The van der Waals surface area contributed by atoms with E-state index < -0.39 is 8.09 Å². The van der Waals surface area contributed by atoms with Crippen LogP contribution in [0.3, 0.4) is 0 Å². The molecule has 11 heavy (non-hydrogen) atoms. The molecule has 0 aliphatic carbocycles. The van der Waals surface area contributed by atoms with E-state index in [-0.39, 0.29) is 0 Å². The Morgan fingerprint density at radius 2 is 2.64 bits per heavy atom. The highest BCUT2D eigenvalue weighted by molar-refractivity contribution is 9.25. The maximum absolute atomic E-state index is 9.01. The van der Waals surface area contributed by atoms with E-state index in [2.05, 4.69) is 24.3 Å². The normalized spacial score (nSPS) is 42.9. The predicted molar refractivity (Wildman–Crippen MR) is 59.1 cm³/mol. The molecule has 0 saturated heterocycles. The van der Waals surface area contributed by atoms with E-state index >= 15 is 0 Å². The van der Waals surface area contributed by atoms with Crippen LogP contribution >= 0.6 is 30.0 Å². The molecule has 0 aromatic carbocycles. The Morgan fingerprint density at radius 3 is 3.18 bits per heavy atom. The Kier molecular flexibility index (Phi) is 3.43. The number of allylic oxidation sites excluding steroid dienone is 1. The van der Waals surface area contributed by atoms with Gasteiger partial charge in [-0.2, -0.15) is 0 Å². The SMILES string of the molecule is C=CC1CC=CS(C)(SO)S1. The highest BCUT2D eigenvalue weighted by Crippen LogP contribution is 2.70. The van der Waals surface area contributed by atoms with Crippen molar-refractivity contribution in [2.45, 2.75) is 11.7 Å². The number of rotatable bonds is 2. The molecule has 1 rings (SSSR count). The Morgan fingerprint density at radius 1 is 1.91 bits per heavy atom. The van der Waals surface area contributed by atoms with Crippen LogP contribution in [0.2, 0.25) is 0 Å². The molecule has 1 N–H and O–H groups in total. The lowest BCUT2D eigenvalue weighted by Crippen LogP contribution is -2.02. The Labute approximate surface area is 76.7 Å². The van der Waals surface area contributed by atoms with Gasteiger partial charge in [0, 0.05) is 5.25 Å².